The van der Waals surface area contributed by atoms with Crippen molar-refractivity contribution in [3.63, 3.8) is 0 Å². The zero-order valence-corrected chi connectivity index (χ0v) is 11.4. The van der Waals surface area contributed by atoms with Crippen LogP contribution in [0.15, 0.2) is 24.3 Å². The molecule has 0 heterocycles. The average Bonchev–Trinajstić information content (AvgIpc) is 2.29. The summed E-state index contributed by atoms with van der Waals surface area (Å²) in [5.41, 5.74) is 1.47. The largest absolute Gasteiger partial charge is 0.508 e. The summed E-state index contributed by atoms with van der Waals surface area (Å²) in [4.78, 5) is 0. The highest BCUT2D eigenvalue weighted by molar-refractivity contribution is 6.17. The van der Waals surface area contributed by atoms with Crippen molar-refractivity contribution >= 4 is 11.6 Å². The second-order valence-electron chi connectivity index (χ2n) is 5.23. The third-order valence-electron chi connectivity index (χ3n) is 2.86. The van der Waals surface area contributed by atoms with Crippen LogP contribution in [0.25, 0.3) is 0 Å². The van der Waals surface area contributed by atoms with Gasteiger partial charge in [-0.2, -0.15) is 0 Å². The fraction of sp³-hybridized carbons (Fsp3) is 0.571. The van der Waals surface area contributed by atoms with Gasteiger partial charge in [-0.05, 0) is 36.0 Å². The summed E-state index contributed by atoms with van der Waals surface area (Å²) in [6.45, 7) is 6.32. The van der Waals surface area contributed by atoms with Gasteiger partial charge >= 0.3 is 0 Å². The van der Waals surface area contributed by atoms with Gasteiger partial charge in [-0.15, -0.1) is 11.6 Å². The summed E-state index contributed by atoms with van der Waals surface area (Å²) in [6.07, 6.45) is 2.20. The lowest BCUT2D eigenvalue weighted by Gasteiger charge is -2.24. The van der Waals surface area contributed by atoms with Crippen molar-refractivity contribution in [3.05, 3.63) is 29.8 Å². The van der Waals surface area contributed by atoms with Gasteiger partial charge in [0.2, 0.25) is 0 Å². The highest BCUT2D eigenvalue weighted by atomic mass is 35.5. The molecule has 17 heavy (non-hydrogen) atoms. The molecule has 0 atom stereocenters. The van der Waals surface area contributed by atoms with E-state index in [1.54, 1.807) is 12.1 Å². The Morgan fingerprint density at radius 2 is 1.88 bits per heavy atom. The fourth-order valence-electron chi connectivity index (χ4n) is 1.79. The molecule has 2 nitrogen and oxygen atoms in total. The predicted molar refractivity (Wildman–Crippen MR) is 73.5 cm³/mol. The molecule has 0 aromatic heterocycles. The molecular formula is C14H22ClNO. The van der Waals surface area contributed by atoms with Crippen LogP contribution in [0.5, 0.6) is 5.75 Å². The highest BCUT2D eigenvalue weighted by Crippen LogP contribution is 2.21. The van der Waals surface area contributed by atoms with E-state index in [0.717, 1.165) is 31.8 Å². The Morgan fingerprint density at radius 3 is 2.47 bits per heavy atom. The lowest BCUT2D eigenvalue weighted by Crippen LogP contribution is -2.29. The van der Waals surface area contributed by atoms with E-state index in [0.29, 0.717) is 5.75 Å². The van der Waals surface area contributed by atoms with Crippen molar-refractivity contribution < 1.29 is 5.11 Å². The topological polar surface area (TPSA) is 32.3 Å². The SMILES string of the molecule is CC(C)(CCCCl)CNCc1ccc(O)cc1. The number of hydrogen-bond donors (Lipinski definition) is 2. The van der Waals surface area contributed by atoms with Crippen molar-refractivity contribution in [3.8, 4) is 5.75 Å². The number of phenols is 1. The van der Waals surface area contributed by atoms with Gasteiger partial charge in [-0.3, -0.25) is 0 Å². The van der Waals surface area contributed by atoms with Crippen LogP contribution in [0.1, 0.15) is 32.3 Å². The number of halogens is 1. The summed E-state index contributed by atoms with van der Waals surface area (Å²) in [7, 11) is 0. The van der Waals surface area contributed by atoms with E-state index >= 15 is 0 Å². The lowest BCUT2D eigenvalue weighted by molar-refractivity contribution is 0.311. The zero-order chi connectivity index (χ0) is 12.7. The van der Waals surface area contributed by atoms with Crippen molar-refractivity contribution in [1.82, 2.24) is 5.32 Å². The van der Waals surface area contributed by atoms with Crippen LogP contribution in [0.3, 0.4) is 0 Å². The Kier molecular flexibility index (Phi) is 5.79. The van der Waals surface area contributed by atoms with E-state index in [-0.39, 0.29) is 5.41 Å². The Balaban J connectivity index is 2.29. The number of nitrogens with one attached hydrogen (secondary N) is 1. The first-order valence-electron chi connectivity index (χ1n) is 6.08. The van der Waals surface area contributed by atoms with E-state index in [9.17, 15) is 5.11 Å². The first kappa shape index (κ1) is 14.3. The lowest BCUT2D eigenvalue weighted by atomic mass is 9.88. The van der Waals surface area contributed by atoms with Crippen LogP contribution >= 0.6 is 11.6 Å². The van der Waals surface area contributed by atoms with Gasteiger partial charge < -0.3 is 10.4 Å². The Bertz CT molecular complexity index is 321. The molecule has 96 valence electrons. The van der Waals surface area contributed by atoms with Gasteiger partial charge in [0.05, 0.1) is 0 Å². The van der Waals surface area contributed by atoms with Crippen LogP contribution < -0.4 is 5.32 Å². The average molecular weight is 256 g/mol. The van der Waals surface area contributed by atoms with Crippen LogP contribution in [-0.2, 0) is 6.54 Å². The molecule has 0 unspecified atom stereocenters. The normalized spacial score (nSPS) is 11.7. The summed E-state index contributed by atoms with van der Waals surface area (Å²) in [6, 6.07) is 7.31. The monoisotopic (exact) mass is 255 g/mol. The second kappa shape index (κ2) is 6.87. The van der Waals surface area contributed by atoms with Gasteiger partial charge in [-0.25, -0.2) is 0 Å². The Labute approximate surface area is 109 Å². The molecule has 0 radical (unpaired) electrons. The Hall–Kier alpha value is -0.730. The number of hydrogen-bond acceptors (Lipinski definition) is 2. The van der Waals surface area contributed by atoms with Gasteiger partial charge in [0.25, 0.3) is 0 Å². The van der Waals surface area contributed by atoms with Crippen molar-refractivity contribution in [1.29, 1.82) is 0 Å². The van der Waals surface area contributed by atoms with Gasteiger partial charge in [0.15, 0.2) is 0 Å². The quantitative estimate of drug-likeness (QED) is 0.731. The van der Waals surface area contributed by atoms with Crippen LogP contribution in [0.2, 0.25) is 0 Å². The van der Waals surface area contributed by atoms with E-state index in [1.165, 1.54) is 5.56 Å². The first-order valence-corrected chi connectivity index (χ1v) is 6.61. The summed E-state index contributed by atoms with van der Waals surface area (Å²) < 4.78 is 0. The fourth-order valence-corrected chi connectivity index (χ4v) is 1.93. The third kappa shape index (κ3) is 5.94. The molecule has 0 saturated carbocycles. The van der Waals surface area contributed by atoms with Gasteiger partial charge in [0.1, 0.15) is 5.75 Å². The van der Waals surface area contributed by atoms with Gasteiger partial charge in [0, 0.05) is 19.0 Å². The molecule has 0 amide bonds. The molecular weight excluding hydrogens is 234 g/mol. The number of phenolic OH excluding ortho intramolecular Hbond substituents is 1. The number of benzene rings is 1. The maximum atomic E-state index is 9.18. The molecule has 0 spiro atoms. The third-order valence-corrected chi connectivity index (χ3v) is 3.12. The number of aromatic hydroxyl groups is 1. The van der Waals surface area contributed by atoms with Crippen LogP contribution in [0.4, 0.5) is 0 Å². The zero-order valence-electron chi connectivity index (χ0n) is 10.7. The first-order chi connectivity index (χ1) is 8.03. The van der Waals surface area contributed by atoms with E-state index in [4.69, 9.17) is 11.6 Å². The molecule has 1 rings (SSSR count). The molecule has 0 aliphatic rings. The minimum atomic E-state index is 0.284. The number of rotatable bonds is 7. The maximum absolute atomic E-state index is 9.18. The molecule has 0 saturated heterocycles. The highest BCUT2D eigenvalue weighted by Gasteiger charge is 2.16. The molecule has 1 aromatic carbocycles. The molecule has 0 bridgehead atoms. The van der Waals surface area contributed by atoms with E-state index < -0.39 is 0 Å². The standard InChI is InChI=1S/C14H22ClNO/c1-14(2,8-3-9-15)11-16-10-12-4-6-13(17)7-5-12/h4-7,16-17H,3,8-11H2,1-2H3. The number of alkyl halides is 1. The second-order valence-corrected chi connectivity index (χ2v) is 5.60. The minimum absolute atomic E-state index is 0.284. The smallest absolute Gasteiger partial charge is 0.115 e. The van der Waals surface area contributed by atoms with Crippen molar-refractivity contribution in [2.24, 2.45) is 5.41 Å². The molecule has 0 fully saturated rings. The van der Waals surface area contributed by atoms with Crippen molar-refractivity contribution in [2.45, 2.75) is 33.2 Å². The summed E-state index contributed by atoms with van der Waals surface area (Å²) >= 11 is 5.71. The minimum Gasteiger partial charge on any atom is -0.508 e. The van der Waals surface area contributed by atoms with Crippen molar-refractivity contribution in [2.75, 3.05) is 12.4 Å². The summed E-state index contributed by atoms with van der Waals surface area (Å²) in [5, 5.41) is 12.6. The molecule has 2 N–H and O–H groups in total. The molecule has 0 aliphatic carbocycles. The van der Waals surface area contributed by atoms with Crippen LogP contribution in [-0.4, -0.2) is 17.5 Å². The van der Waals surface area contributed by atoms with E-state index in [1.807, 2.05) is 12.1 Å². The Morgan fingerprint density at radius 1 is 1.24 bits per heavy atom. The molecule has 0 aliphatic heterocycles. The predicted octanol–water partition coefficient (Wildman–Crippen LogP) is 3.53. The molecule has 3 heteroatoms. The molecule has 1 aromatic rings. The van der Waals surface area contributed by atoms with Gasteiger partial charge in [-0.1, -0.05) is 26.0 Å². The summed E-state index contributed by atoms with van der Waals surface area (Å²) in [5.74, 6) is 1.05. The van der Waals surface area contributed by atoms with Crippen LogP contribution in [0, 0.1) is 5.41 Å². The van der Waals surface area contributed by atoms with E-state index in [2.05, 4.69) is 19.2 Å². The maximum Gasteiger partial charge on any atom is 0.115 e.